The van der Waals surface area contributed by atoms with Gasteiger partial charge < -0.3 is 9.84 Å². The number of rotatable bonds is 6. The molecule has 0 saturated heterocycles. The van der Waals surface area contributed by atoms with E-state index in [9.17, 15) is 9.59 Å². The third-order valence-corrected chi connectivity index (χ3v) is 4.64. The molecule has 25 heavy (non-hydrogen) atoms. The van der Waals surface area contributed by atoms with E-state index in [-0.39, 0.29) is 30.5 Å². The molecule has 140 valence electrons. The molecule has 1 aromatic heterocycles. The van der Waals surface area contributed by atoms with Crippen LogP contribution < -0.4 is 16.0 Å². The lowest BCUT2D eigenvalue weighted by molar-refractivity contribution is -0.119. The molecule has 0 unspecified atom stereocenters. The highest BCUT2D eigenvalue weighted by Gasteiger charge is 2.25. The second-order valence-electron chi connectivity index (χ2n) is 7.17. The number of carbonyl (C=O) groups is 2. The Balaban J connectivity index is 1.79. The van der Waals surface area contributed by atoms with E-state index >= 15 is 0 Å². The molecule has 2 rings (SSSR count). The Labute approximate surface area is 148 Å². The summed E-state index contributed by atoms with van der Waals surface area (Å²) in [5.74, 6) is 1.21. The van der Waals surface area contributed by atoms with Crippen molar-refractivity contribution in [1.82, 2.24) is 26.1 Å². The van der Waals surface area contributed by atoms with Crippen molar-refractivity contribution in [3.8, 4) is 0 Å². The van der Waals surface area contributed by atoms with Crippen LogP contribution in [0.15, 0.2) is 4.52 Å². The second-order valence-corrected chi connectivity index (χ2v) is 7.17. The highest BCUT2D eigenvalue weighted by molar-refractivity contribution is 5.95. The Morgan fingerprint density at radius 1 is 1.28 bits per heavy atom. The number of nitrogens with zero attached hydrogens (tertiary/aromatic N) is 2. The maximum Gasteiger partial charge on any atom is 0.321 e. The van der Waals surface area contributed by atoms with Crippen molar-refractivity contribution in [3.63, 3.8) is 0 Å². The summed E-state index contributed by atoms with van der Waals surface area (Å²) in [4.78, 5) is 28.3. The summed E-state index contributed by atoms with van der Waals surface area (Å²) < 4.78 is 5.18. The standard InChI is InChI=1S/C17H29N5O3/c1-10(2)15(16-19-12(4)22-25-16)18-9-14(23)21-17(24)20-13-8-6-5-7-11(13)3/h10-11,13,15,18H,5-9H2,1-4H3,(H2,20,21,23,24)/t11-,13-,15+/m0/s1. The lowest BCUT2D eigenvalue weighted by Gasteiger charge is -2.29. The fourth-order valence-electron chi connectivity index (χ4n) is 3.16. The number of carbonyl (C=O) groups excluding carboxylic acids is 2. The van der Waals surface area contributed by atoms with Gasteiger partial charge in [-0.05, 0) is 31.6 Å². The van der Waals surface area contributed by atoms with E-state index in [2.05, 4.69) is 33.0 Å². The van der Waals surface area contributed by atoms with Crippen LogP contribution in [0, 0.1) is 18.8 Å². The van der Waals surface area contributed by atoms with Crippen LogP contribution >= 0.6 is 0 Å². The van der Waals surface area contributed by atoms with Gasteiger partial charge in [0.05, 0.1) is 12.6 Å². The SMILES string of the molecule is Cc1noc([C@H](NCC(=O)NC(=O)N[C@H]2CCCC[C@@H]2C)C(C)C)n1. The molecule has 0 bridgehead atoms. The third kappa shape index (κ3) is 5.81. The smallest absolute Gasteiger partial charge is 0.321 e. The minimum absolute atomic E-state index is 0.00207. The van der Waals surface area contributed by atoms with E-state index in [1.54, 1.807) is 6.92 Å². The normalized spacial score (nSPS) is 21.8. The van der Waals surface area contributed by atoms with Crippen LogP contribution in [0.1, 0.15) is 64.2 Å². The van der Waals surface area contributed by atoms with E-state index < -0.39 is 6.03 Å². The number of amides is 3. The summed E-state index contributed by atoms with van der Waals surface area (Å²) in [5.41, 5.74) is 0. The van der Waals surface area contributed by atoms with Crippen LogP contribution in [0.4, 0.5) is 4.79 Å². The number of hydrogen-bond acceptors (Lipinski definition) is 6. The van der Waals surface area contributed by atoms with Gasteiger partial charge in [0.1, 0.15) is 0 Å². The van der Waals surface area contributed by atoms with E-state index in [0.29, 0.717) is 17.6 Å². The molecule has 1 saturated carbocycles. The van der Waals surface area contributed by atoms with Crippen LogP contribution in [0.2, 0.25) is 0 Å². The summed E-state index contributed by atoms with van der Waals surface area (Å²) >= 11 is 0. The van der Waals surface area contributed by atoms with Gasteiger partial charge in [0.15, 0.2) is 5.82 Å². The van der Waals surface area contributed by atoms with Crippen molar-refractivity contribution in [2.45, 2.75) is 65.5 Å². The molecule has 1 heterocycles. The first kappa shape index (κ1) is 19.4. The zero-order valence-electron chi connectivity index (χ0n) is 15.5. The lowest BCUT2D eigenvalue weighted by atomic mass is 9.86. The zero-order chi connectivity index (χ0) is 18.4. The molecule has 1 aromatic rings. The quantitative estimate of drug-likeness (QED) is 0.724. The first-order valence-corrected chi connectivity index (χ1v) is 9.00. The molecule has 1 fully saturated rings. The van der Waals surface area contributed by atoms with E-state index in [0.717, 1.165) is 19.3 Å². The average Bonchev–Trinajstić information content (AvgIpc) is 2.95. The Bertz CT molecular complexity index is 587. The molecule has 3 amide bonds. The van der Waals surface area contributed by atoms with Gasteiger partial charge in [-0.1, -0.05) is 38.8 Å². The molecule has 1 aliphatic carbocycles. The van der Waals surface area contributed by atoms with Crippen molar-refractivity contribution in [2.24, 2.45) is 11.8 Å². The van der Waals surface area contributed by atoms with Gasteiger partial charge in [-0.2, -0.15) is 4.98 Å². The molecule has 3 atom stereocenters. The number of urea groups is 1. The van der Waals surface area contributed by atoms with Gasteiger partial charge in [0.2, 0.25) is 11.8 Å². The predicted molar refractivity (Wildman–Crippen MR) is 92.7 cm³/mol. The van der Waals surface area contributed by atoms with Crippen LogP contribution in [-0.2, 0) is 4.79 Å². The zero-order valence-corrected chi connectivity index (χ0v) is 15.5. The summed E-state index contributed by atoms with van der Waals surface area (Å²) in [6.45, 7) is 7.86. The molecule has 3 N–H and O–H groups in total. The second kappa shape index (κ2) is 8.94. The van der Waals surface area contributed by atoms with E-state index in [1.165, 1.54) is 6.42 Å². The monoisotopic (exact) mass is 351 g/mol. The molecule has 1 aliphatic rings. The molecule has 8 nitrogen and oxygen atoms in total. The van der Waals surface area contributed by atoms with Crippen molar-refractivity contribution >= 4 is 11.9 Å². The summed E-state index contributed by atoms with van der Waals surface area (Å²) in [6.07, 6.45) is 4.40. The fourth-order valence-corrected chi connectivity index (χ4v) is 3.16. The van der Waals surface area contributed by atoms with Gasteiger partial charge in [0.25, 0.3) is 0 Å². The molecule has 0 spiro atoms. The van der Waals surface area contributed by atoms with Gasteiger partial charge in [-0.15, -0.1) is 0 Å². The largest absolute Gasteiger partial charge is 0.338 e. The van der Waals surface area contributed by atoms with Crippen LogP contribution in [-0.4, -0.2) is 34.7 Å². The fraction of sp³-hybridized carbons (Fsp3) is 0.765. The van der Waals surface area contributed by atoms with Crippen molar-refractivity contribution < 1.29 is 14.1 Å². The third-order valence-electron chi connectivity index (χ3n) is 4.64. The number of nitrogens with one attached hydrogen (secondary N) is 3. The maximum absolute atomic E-state index is 12.0. The van der Waals surface area contributed by atoms with Crippen molar-refractivity contribution in [3.05, 3.63) is 11.7 Å². The molecule has 0 radical (unpaired) electrons. The number of imide groups is 1. The lowest BCUT2D eigenvalue weighted by Crippen LogP contribution is -2.49. The first-order chi connectivity index (χ1) is 11.9. The maximum atomic E-state index is 12.0. The van der Waals surface area contributed by atoms with Gasteiger partial charge in [-0.25, -0.2) is 4.79 Å². The Morgan fingerprint density at radius 2 is 2.00 bits per heavy atom. The minimum atomic E-state index is -0.430. The van der Waals surface area contributed by atoms with E-state index in [1.807, 2.05) is 13.8 Å². The van der Waals surface area contributed by atoms with Crippen LogP contribution in [0.25, 0.3) is 0 Å². The van der Waals surface area contributed by atoms with Crippen molar-refractivity contribution in [1.29, 1.82) is 0 Å². The topological polar surface area (TPSA) is 109 Å². The highest BCUT2D eigenvalue weighted by Crippen LogP contribution is 2.23. The Kier molecular flexibility index (Phi) is 6.92. The Hall–Kier alpha value is -1.96. The summed E-state index contributed by atoms with van der Waals surface area (Å²) in [7, 11) is 0. The first-order valence-electron chi connectivity index (χ1n) is 9.00. The molecular formula is C17H29N5O3. The Morgan fingerprint density at radius 3 is 2.60 bits per heavy atom. The van der Waals surface area contributed by atoms with Gasteiger partial charge >= 0.3 is 6.03 Å². The van der Waals surface area contributed by atoms with Crippen LogP contribution in [0.3, 0.4) is 0 Å². The molecule has 0 aliphatic heterocycles. The van der Waals surface area contributed by atoms with Gasteiger partial charge in [-0.3, -0.25) is 15.4 Å². The summed E-state index contributed by atoms with van der Waals surface area (Å²) in [5, 5.41) is 12.1. The van der Waals surface area contributed by atoms with E-state index in [4.69, 9.17) is 4.52 Å². The van der Waals surface area contributed by atoms with Crippen LogP contribution in [0.5, 0.6) is 0 Å². The number of aromatic nitrogens is 2. The number of hydrogen-bond donors (Lipinski definition) is 3. The molecule has 0 aromatic carbocycles. The number of aryl methyl sites for hydroxylation is 1. The van der Waals surface area contributed by atoms with Crippen molar-refractivity contribution in [2.75, 3.05) is 6.54 Å². The average molecular weight is 351 g/mol. The molecular weight excluding hydrogens is 322 g/mol. The molecule has 8 heteroatoms. The summed E-state index contributed by atoms with van der Waals surface area (Å²) in [6, 6.07) is -0.534. The predicted octanol–water partition coefficient (Wildman–Crippen LogP) is 2.07. The highest BCUT2D eigenvalue weighted by atomic mass is 16.5. The van der Waals surface area contributed by atoms with Gasteiger partial charge in [0, 0.05) is 6.04 Å². The minimum Gasteiger partial charge on any atom is -0.338 e.